The van der Waals surface area contributed by atoms with Gasteiger partial charge in [0.05, 0.1) is 0 Å². The molecule has 3 aromatic rings. The van der Waals surface area contributed by atoms with Crippen molar-refractivity contribution < 1.29 is 21.2 Å². The molecule has 0 heterocycles. The molecular weight excluding hydrogens is 367 g/mol. The van der Waals surface area contributed by atoms with Crippen molar-refractivity contribution in [3.8, 4) is 11.1 Å². The van der Waals surface area contributed by atoms with E-state index in [0.717, 1.165) is 0 Å². The number of alkyl halides is 2. The summed E-state index contributed by atoms with van der Waals surface area (Å²) >= 11 is 0.119. The second-order valence-corrected chi connectivity index (χ2v) is 7.47. The van der Waals surface area contributed by atoms with E-state index in [4.69, 9.17) is 0 Å². The summed E-state index contributed by atoms with van der Waals surface area (Å²) in [4.78, 5) is 2.36. The summed E-state index contributed by atoms with van der Waals surface area (Å²) in [6, 6.07) is 30.5. The normalized spacial score (nSPS) is 12.2. The van der Waals surface area contributed by atoms with Gasteiger partial charge in [0.25, 0.3) is 0 Å². The summed E-state index contributed by atoms with van der Waals surface area (Å²) < 4.78 is 0.592. The van der Waals surface area contributed by atoms with Crippen LogP contribution in [0.3, 0.4) is 0 Å². The monoisotopic (exact) mass is 385 g/mol. The number of hydrogen-bond donors (Lipinski definition) is 0. The van der Waals surface area contributed by atoms with Crippen molar-refractivity contribution in [2.75, 3.05) is 4.93 Å². The molecule has 0 aromatic heterocycles. The van der Waals surface area contributed by atoms with Crippen LogP contribution in [0.1, 0.15) is 15.1 Å². The van der Waals surface area contributed by atoms with Gasteiger partial charge in [-0.2, -0.15) is 0 Å². The summed E-state index contributed by atoms with van der Waals surface area (Å²) in [6.07, 6.45) is 0. The van der Waals surface area contributed by atoms with Gasteiger partial charge in [0.2, 0.25) is 0 Å². The fraction of sp³-hybridized carbons (Fsp3) is 0.100. The van der Waals surface area contributed by atoms with Gasteiger partial charge in [-0.15, -0.1) is 0 Å². The predicted octanol–water partition coefficient (Wildman–Crippen LogP) is 2.16. The number of hydrogen-bond acceptors (Lipinski definition) is 0. The van der Waals surface area contributed by atoms with Crippen molar-refractivity contribution in [3.05, 3.63) is 96.1 Å². The molecule has 0 saturated heterocycles. The average Bonchev–Trinajstić information content (AvgIpc) is 2.58. The summed E-state index contributed by atoms with van der Waals surface area (Å²) in [7, 11) is 0. The molecule has 0 bridgehead atoms. The molecule has 0 amide bonds. The van der Waals surface area contributed by atoms with Gasteiger partial charge in [0.1, 0.15) is 0 Å². The van der Waals surface area contributed by atoms with Gasteiger partial charge in [-0.3, -0.25) is 0 Å². The van der Waals surface area contributed by atoms with E-state index in [1.807, 2.05) is 0 Å². The van der Waals surface area contributed by atoms with E-state index in [9.17, 15) is 0 Å². The van der Waals surface area contributed by atoms with E-state index in [0.29, 0.717) is 3.92 Å². The van der Waals surface area contributed by atoms with Crippen molar-refractivity contribution in [2.24, 2.45) is 0 Å². The molecule has 3 aromatic carbocycles. The molecule has 0 aliphatic carbocycles. The van der Waals surface area contributed by atoms with Crippen LogP contribution in [0.4, 0.5) is 0 Å². The summed E-state index contributed by atoms with van der Waals surface area (Å²) in [6.45, 7) is 0. The van der Waals surface area contributed by atoms with E-state index in [1.54, 1.807) is 0 Å². The number of rotatable bonds is 4. The first-order valence-electron chi connectivity index (χ1n) is 7.07. The SMILES string of the molecule is C[I-]C(c1ccccc1)c1ccc(-c2ccccc2)cc1. The van der Waals surface area contributed by atoms with Crippen LogP contribution in [-0.4, -0.2) is 4.93 Å². The molecule has 0 fully saturated rings. The molecule has 1 unspecified atom stereocenters. The molecule has 0 aliphatic heterocycles. The second kappa shape index (κ2) is 6.90. The zero-order chi connectivity index (χ0) is 14.5. The third kappa shape index (κ3) is 3.35. The summed E-state index contributed by atoms with van der Waals surface area (Å²) in [5.41, 5.74) is 5.46. The first-order valence-corrected chi connectivity index (χ1v) is 10.5. The van der Waals surface area contributed by atoms with Crippen molar-refractivity contribution in [2.45, 2.75) is 3.92 Å². The Morgan fingerprint density at radius 3 is 1.62 bits per heavy atom. The molecule has 1 atom stereocenters. The Kier molecular flexibility index (Phi) is 4.71. The van der Waals surface area contributed by atoms with Crippen LogP contribution in [0.15, 0.2) is 84.9 Å². The molecule has 0 N–H and O–H groups in total. The Morgan fingerprint density at radius 1 is 0.571 bits per heavy atom. The van der Waals surface area contributed by atoms with Gasteiger partial charge in [-0.05, 0) is 0 Å². The summed E-state index contributed by atoms with van der Waals surface area (Å²) in [5.74, 6) is 0. The first kappa shape index (κ1) is 14.3. The third-order valence-electron chi connectivity index (χ3n) is 3.62. The Bertz CT molecular complexity index is 672. The van der Waals surface area contributed by atoms with Crippen molar-refractivity contribution in [1.82, 2.24) is 0 Å². The predicted molar refractivity (Wildman–Crippen MR) is 86.1 cm³/mol. The number of halogens is 1. The Balaban J connectivity index is 1.90. The fourth-order valence-corrected chi connectivity index (χ4v) is 4.81. The molecule has 0 aliphatic rings. The fourth-order valence-electron chi connectivity index (χ4n) is 2.54. The standard InChI is InChI=1S/C20H18I/c1-21-20(18-10-6-3-7-11-18)19-14-12-17(13-15-19)16-8-4-2-5-9-16/h2-15,20H,1H3/q-1. The van der Waals surface area contributed by atoms with E-state index >= 15 is 0 Å². The van der Waals surface area contributed by atoms with Crippen molar-refractivity contribution in [3.63, 3.8) is 0 Å². The quantitative estimate of drug-likeness (QED) is 0.477. The molecule has 1 heteroatoms. The van der Waals surface area contributed by atoms with Crippen molar-refractivity contribution in [1.29, 1.82) is 0 Å². The van der Waals surface area contributed by atoms with Crippen LogP contribution < -0.4 is 21.2 Å². The van der Waals surface area contributed by atoms with E-state index in [2.05, 4.69) is 89.9 Å². The Morgan fingerprint density at radius 2 is 1.05 bits per heavy atom. The molecule has 0 nitrogen and oxygen atoms in total. The Hall–Kier alpha value is -1.61. The maximum absolute atomic E-state index is 2.36. The topological polar surface area (TPSA) is 0 Å². The first-order chi connectivity index (χ1) is 10.4. The molecule has 0 radical (unpaired) electrons. The Labute approximate surface area is 137 Å². The molecule has 0 spiro atoms. The van der Waals surface area contributed by atoms with E-state index in [-0.39, 0.29) is 21.2 Å². The van der Waals surface area contributed by atoms with Gasteiger partial charge >= 0.3 is 137 Å². The molecular formula is C20H18I-. The molecule has 3 rings (SSSR count). The van der Waals surface area contributed by atoms with Gasteiger partial charge in [0.15, 0.2) is 0 Å². The van der Waals surface area contributed by atoms with Gasteiger partial charge in [0, 0.05) is 0 Å². The van der Waals surface area contributed by atoms with E-state index < -0.39 is 0 Å². The molecule has 21 heavy (non-hydrogen) atoms. The van der Waals surface area contributed by atoms with Crippen LogP contribution in [0, 0.1) is 0 Å². The molecule has 106 valence electrons. The second-order valence-electron chi connectivity index (χ2n) is 4.98. The van der Waals surface area contributed by atoms with Crippen LogP contribution in [-0.2, 0) is 0 Å². The van der Waals surface area contributed by atoms with Crippen LogP contribution >= 0.6 is 0 Å². The van der Waals surface area contributed by atoms with Gasteiger partial charge in [-0.25, -0.2) is 0 Å². The maximum atomic E-state index is 2.36. The average molecular weight is 385 g/mol. The zero-order valence-electron chi connectivity index (χ0n) is 12.0. The zero-order valence-corrected chi connectivity index (χ0v) is 14.2. The minimum absolute atomic E-state index is 0.119. The minimum atomic E-state index is 0.119. The van der Waals surface area contributed by atoms with Crippen molar-refractivity contribution >= 4 is 0 Å². The third-order valence-corrected chi connectivity index (χ3v) is 6.30. The van der Waals surface area contributed by atoms with Gasteiger partial charge in [-0.1, -0.05) is 0 Å². The van der Waals surface area contributed by atoms with Crippen LogP contribution in [0.2, 0.25) is 0 Å². The van der Waals surface area contributed by atoms with E-state index in [1.165, 1.54) is 22.3 Å². The van der Waals surface area contributed by atoms with Crippen LogP contribution in [0.5, 0.6) is 0 Å². The van der Waals surface area contributed by atoms with Gasteiger partial charge < -0.3 is 0 Å². The van der Waals surface area contributed by atoms with Crippen LogP contribution in [0.25, 0.3) is 11.1 Å². The number of benzene rings is 3. The summed E-state index contributed by atoms with van der Waals surface area (Å²) in [5, 5.41) is 0. The molecule has 0 saturated carbocycles.